The second-order valence-corrected chi connectivity index (χ2v) is 8.00. The normalized spacial score (nSPS) is 11.7. The van der Waals surface area contributed by atoms with Crippen molar-refractivity contribution in [3.63, 3.8) is 0 Å². The molecule has 6 heteroatoms. The third-order valence-corrected chi connectivity index (χ3v) is 6.34. The van der Waals surface area contributed by atoms with Crippen molar-refractivity contribution in [3.05, 3.63) is 52.4 Å². The summed E-state index contributed by atoms with van der Waals surface area (Å²) >= 11 is 1.28. The number of sulfonamides is 1. The Morgan fingerprint density at radius 1 is 1.14 bits per heavy atom. The highest BCUT2D eigenvalue weighted by atomic mass is 32.2. The van der Waals surface area contributed by atoms with Crippen molar-refractivity contribution in [2.45, 2.75) is 24.0 Å². The Morgan fingerprint density at radius 3 is 2.62 bits per heavy atom. The number of rotatable bonds is 7. The summed E-state index contributed by atoms with van der Waals surface area (Å²) in [4.78, 5) is 0.997. The quantitative estimate of drug-likeness (QED) is 0.819. The molecule has 0 atom stereocenters. The summed E-state index contributed by atoms with van der Waals surface area (Å²) in [6.45, 7) is 2.96. The monoisotopic (exact) mass is 324 g/mol. The molecular weight excluding hydrogens is 304 g/mol. The van der Waals surface area contributed by atoms with E-state index >= 15 is 0 Å². The van der Waals surface area contributed by atoms with E-state index in [1.165, 1.54) is 16.9 Å². The van der Waals surface area contributed by atoms with Crippen LogP contribution in [0.5, 0.6) is 0 Å². The lowest BCUT2D eigenvalue weighted by molar-refractivity contribution is 0.583. The molecule has 0 spiro atoms. The Balaban J connectivity index is 1.96. The predicted octanol–water partition coefficient (Wildman–Crippen LogP) is 2.08. The van der Waals surface area contributed by atoms with Gasteiger partial charge in [-0.15, -0.1) is 11.3 Å². The van der Waals surface area contributed by atoms with Crippen LogP contribution >= 0.6 is 11.3 Å². The molecule has 4 nitrogen and oxygen atoms in total. The van der Waals surface area contributed by atoms with Gasteiger partial charge in [0.15, 0.2) is 0 Å². The van der Waals surface area contributed by atoms with Crippen LogP contribution < -0.4 is 10.5 Å². The molecule has 0 aliphatic heterocycles. The first-order valence-electron chi connectivity index (χ1n) is 6.86. The minimum absolute atomic E-state index is 0.357. The Hall–Kier alpha value is -1.21. The summed E-state index contributed by atoms with van der Waals surface area (Å²) in [5.74, 6) is 0. The third-order valence-electron chi connectivity index (χ3n) is 3.24. The summed E-state index contributed by atoms with van der Waals surface area (Å²) in [7, 11) is -3.41. The van der Waals surface area contributed by atoms with Gasteiger partial charge in [-0.05, 0) is 49.6 Å². The van der Waals surface area contributed by atoms with Crippen LogP contribution in [0.1, 0.15) is 16.0 Å². The van der Waals surface area contributed by atoms with E-state index in [4.69, 9.17) is 5.73 Å². The van der Waals surface area contributed by atoms with Crippen LogP contribution in [0.15, 0.2) is 40.6 Å². The lowest BCUT2D eigenvalue weighted by atomic mass is 10.1. The van der Waals surface area contributed by atoms with Crippen molar-refractivity contribution in [2.75, 3.05) is 13.1 Å². The van der Waals surface area contributed by atoms with Gasteiger partial charge in [-0.1, -0.05) is 24.3 Å². The van der Waals surface area contributed by atoms with Crippen LogP contribution in [0.3, 0.4) is 0 Å². The zero-order valence-electron chi connectivity index (χ0n) is 12.0. The first kappa shape index (κ1) is 16.2. The van der Waals surface area contributed by atoms with Gasteiger partial charge in [-0.25, -0.2) is 13.1 Å². The fraction of sp³-hybridized carbons (Fsp3) is 0.333. The van der Waals surface area contributed by atoms with E-state index < -0.39 is 10.0 Å². The van der Waals surface area contributed by atoms with Gasteiger partial charge in [0, 0.05) is 11.4 Å². The van der Waals surface area contributed by atoms with E-state index in [9.17, 15) is 8.42 Å². The van der Waals surface area contributed by atoms with Crippen LogP contribution in [0.4, 0.5) is 0 Å². The molecule has 0 bridgehead atoms. The molecule has 2 rings (SSSR count). The summed E-state index contributed by atoms with van der Waals surface area (Å²) in [5, 5.41) is 0. The molecule has 3 N–H and O–H groups in total. The molecular formula is C15H20N2O2S2. The van der Waals surface area contributed by atoms with E-state index in [-0.39, 0.29) is 0 Å². The van der Waals surface area contributed by atoms with E-state index in [1.807, 2.05) is 37.3 Å². The van der Waals surface area contributed by atoms with Gasteiger partial charge in [0.2, 0.25) is 10.0 Å². The molecule has 1 aromatic heterocycles. The molecule has 0 fully saturated rings. The second-order valence-electron chi connectivity index (χ2n) is 4.83. The Labute approximate surface area is 130 Å². The fourth-order valence-electron chi connectivity index (χ4n) is 2.06. The zero-order chi connectivity index (χ0) is 15.3. The van der Waals surface area contributed by atoms with E-state index in [0.29, 0.717) is 30.1 Å². The molecule has 0 unspecified atom stereocenters. The molecule has 0 saturated carbocycles. The minimum Gasteiger partial charge on any atom is -0.330 e. The second kappa shape index (κ2) is 7.17. The van der Waals surface area contributed by atoms with Crippen molar-refractivity contribution in [1.29, 1.82) is 0 Å². The van der Waals surface area contributed by atoms with Crippen molar-refractivity contribution in [2.24, 2.45) is 5.73 Å². The van der Waals surface area contributed by atoms with Gasteiger partial charge in [-0.3, -0.25) is 0 Å². The van der Waals surface area contributed by atoms with Gasteiger partial charge in [-0.2, -0.15) is 0 Å². The fourth-order valence-corrected chi connectivity index (χ4v) is 4.51. The van der Waals surface area contributed by atoms with Crippen molar-refractivity contribution in [1.82, 2.24) is 4.72 Å². The number of nitrogens with two attached hydrogens (primary N) is 1. The van der Waals surface area contributed by atoms with Crippen molar-refractivity contribution >= 4 is 21.4 Å². The predicted molar refractivity (Wildman–Crippen MR) is 87.1 cm³/mol. The highest BCUT2D eigenvalue weighted by Crippen LogP contribution is 2.21. The van der Waals surface area contributed by atoms with Gasteiger partial charge in [0.25, 0.3) is 0 Å². The van der Waals surface area contributed by atoms with Gasteiger partial charge >= 0.3 is 0 Å². The maximum atomic E-state index is 12.2. The molecule has 1 aromatic carbocycles. The highest BCUT2D eigenvalue weighted by Gasteiger charge is 2.16. The Kier molecular flexibility index (Phi) is 5.52. The standard InChI is InChI=1S/C15H20N2O2S2/c1-12-4-2-3-5-13(12)9-11-17-21(18,19)15-7-6-14(20-15)8-10-16/h2-7,17H,8-11,16H2,1H3. The number of thiophene rings is 1. The molecule has 21 heavy (non-hydrogen) atoms. The summed E-state index contributed by atoms with van der Waals surface area (Å²) in [5.41, 5.74) is 7.82. The molecule has 1 heterocycles. The molecule has 0 aliphatic rings. The third kappa shape index (κ3) is 4.38. The summed E-state index contributed by atoms with van der Waals surface area (Å²) in [6.07, 6.45) is 1.40. The molecule has 114 valence electrons. The number of benzene rings is 1. The number of hydrogen-bond acceptors (Lipinski definition) is 4. The largest absolute Gasteiger partial charge is 0.330 e. The van der Waals surface area contributed by atoms with Crippen LogP contribution in [0.2, 0.25) is 0 Å². The molecule has 0 amide bonds. The van der Waals surface area contributed by atoms with Gasteiger partial charge in [0.05, 0.1) is 0 Å². The average Bonchev–Trinajstić information content (AvgIpc) is 2.91. The lowest BCUT2D eigenvalue weighted by Crippen LogP contribution is -2.25. The molecule has 0 radical (unpaired) electrons. The van der Waals surface area contributed by atoms with E-state index in [2.05, 4.69) is 4.72 Å². The smallest absolute Gasteiger partial charge is 0.250 e. The van der Waals surface area contributed by atoms with E-state index in [0.717, 1.165) is 10.4 Å². The van der Waals surface area contributed by atoms with E-state index in [1.54, 1.807) is 6.07 Å². The van der Waals surface area contributed by atoms with Gasteiger partial charge in [0.1, 0.15) is 4.21 Å². The molecule has 0 aliphatic carbocycles. The SMILES string of the molecule is Cc1ccccc1CCNS(=O)(=O)c1ccc(CCN)s1. The van der Waals surface area contributed by atoms with Crippen molar-refractivity contribution < 1.29 is 8.42 Å². The first-order chi connectivity index (χ1) is 10.0. The van der Waals surface area contributed by atoms with Crippen LogP contribution in [0, 0.1) is 6.92 Å². The molecule has 2 aromatic rings. The maximum Gasteiger partial charge on any atom is 0.250 e. The Bertz CT molecular complexity index is 693. The molecule has 0 saturated heterocycles. The van der Waals surface area contributed by atoms with Gasteiger partial charge < -0.3 is 5.73 Å². The average molecular weight is 324 g/mol. The van der Waals surface area contributed by atoms with Crippen LogP contribution in [-0.2, 0) is 22.9 Å². The Morgan fingerprint density at radius 2 is 1.90 bits per heavy atom. The number of aryl methyl sites for hydroxylation is 1. The zero-order valence-corrected chi connectivity index (χ0v) is 13.6. The number of nitrogens with one attached hydrogen (secondary N) is 1. The highest BCUT2D eigenvalue weighted by molar-refractivity contribution is 7.91. The van der Waals surface area contributed by atoms with Crippen LogP contribution in [-0.4, -0.2) is 21.5 Å². The van der Waals surface area contributed by atoms with Crippen LogP contribution in [0.25, 0.3) is 0 Å². The van der Waals surface area contributed by atoms with Crippen molar-refractivity contribution in [3.8, 4) is 0 Å². The lowest BCUT2D eigenvalue weighted by Gasteiger charge is -2.07. The maximum absolute atomic E-state index is 12.2. The number of hydrogen-bond donors (Lipinski definition) is 2. The topological polar surface area (TPSA) is 72.2 Å². The summed E-state index contributed by atoms with van der Waals surface area (Å²) < 4.78 is 27.4. The minimum atomic E-state index is -3.41. The summed E-state index contributed by atoms with van der Waals surface area (Å²) in [6, 6.07) is 11.5. The first-order valence-corrected chi connectivity index (χ1v) is 9.16.